The molecular weight excluding hydrogens is 531 g/mol. The number of hydrogen-bond acceptors (Lipinski definition) is 5. The van der Waals surface area contributed by atoms with Crippen LogP contribution in [0, 0.1) is 0 Å². The number of aromatic nitrogens is 3. The SMILES string of the molecule is CCCN=C(NCCn1cnnc1CC)NC(C)c1ccc(OCCC)c(OCCC)c1.I. The Balaban J connectivity index is 0.00000544. The van der Waals surface area contributed by atoms with Crippen molar-refractivity contribution >= 4 is 29.9 Å². The van der Waals surface area contributed by atoms with Gasteiger partial charge in [0.05, 0.1) is 19.3 Å². The predicted molar refractivity (Wildman–Crippen MR) is 145 cm³/mol. The second-order valence-electron chi connectivity index (χ2n) is 7.72. The zero-order chi connectivity index (χ0) is 23.2. The van der Waals surface area contributed by atoms with Crippen LogP contribution in [0.15, 0.2) is 29.5 Å². The number of benzene rings is 1. The molecule has 1 atom stereocenters. The minimum Gasteiger partial charge on any atom is -0.490 e. The van der Waals surface area contributed by atoms with Crippen LogP contribution in [0.25, 0.3) is 0 Å². The van der Waals surface area contributed by atoms with Gasteiger partial charge in [-0.1, -0.05) is 33.8 Å². The summed E-state index contributed by atoms with van der Waals surface area (Å²) in [5.41, 5.74) is 1.12. The van der Waals surface area contributed by atoms with Crippen LogP contribution in [0.2, 0.25) is 0 Å². The largest absolute Gasteiger partial charge is 0.490 e. The number of halogens is 1. The summed E-state index contributed by atoms with van der Waals surface area (Å²) in [5, 5.41) is 15.1. The van der Waals surface area contributed by atoms with E-state index >= 15 is 0 Å². The van der Waals surface area contributed by atoms with Gasteiger partial charge in [0, 0.05) is 26.1 Å². The summed E-state index contributed by atoms with van der Waals surface area (Å²) in [7, 11) is 0. The molecule has 0 aliphatic carbocycles. The first kappa shape index (κ1) is 29.0. The minimum absolute atomic E-state index is 0. The molecule has 1 aromatic heterocycles. The Morgan fingerprint density at radius 2 is 1.79 bits per heavy atom. The molecule has 0 fully saturated rings. The van der Waals surface area contributed by atoms with Gasteiger partial charge in [0.1, 0.15) is 12.2 Å². The monoisotopic (exact) mass is 572 g/mol. The zero-order valence-electron chi connectivity index (χ0n) is 20.8. The van der Waals surface area contributed by atoms with Crippen LogP contribution < -0.4 is 20.1 Å². The van der Waals surface area contributed by atoms with Crippen LogP contribution in [-0.2, 0) is 13.0 Å². The summed E-state index contributed by atoms with van der Waals surface area (Å²) in [4.78, 5) is 4.70. The average Bonchev–Trinajstić information content (AvgIpc) is 3.27. The second-order valence-corrected chi connectivity index (χ2v) is 7.72. The number of nitrogens with zero attached hydrogens (tertiary/aromatic N) is 4. The molecule has 33 heavy (non-hydrogen) atoms. The van der Waals surface area contributed by atoms with E-state index in [-0.39, 0.29) is 30.0 Å². The topological polar surface area (TPSA) is 85.6 Å². The molecule has 0 saturated heterocycles. The van der Waals surface area contributed by atoms with Crippen molar-refractivity contribution in [2.75, 3.05) is 26.3 Å². The fourth-order valence-electron chi connectivity index (χ4n) is 3.15. The Hall–Kier alpha value is -2.04. The van der Waals surface area contributed by atoms with E-state index in [1.165, 1.54) is 0 Å². The highest BCUT2D eigenvalue weighted by atomic mass is 127. The third-order valence-electron chi connectivity index (χ3n) is 4.90. The quantitative estimate of drug-likeness (QED) is 0.193. The molecule has 8 nitrogen and oxygen atoms in total. The molecule has 0 radical (unpaired) electrons. The van der Waals surface area contributed by atoms with Gasteiger partial charge in [-0.2, -0.15) is 0 Å². The van der Waals surface area contributed by atoms with Gasteiger partial charge in [0.25, 0.3) is 0 Å². The fourth-order valence-corrected chi connectivity index (χ4v) is 3.15. The van der Waals surface area contributed by atoms with Crippen molar-refractivity contribution in [1.82, 2.24) is 25.4 Å². The molecule has 2 N–H and O–H groups in total. The molecule has 0 aliphatic heterocycles. The Labute approximate surface area is 216 Å². The zero-order valence-corrected chi connectivity index (χ0v) is 23.1. The van der Waals surface area contributed by atoms with Gasteiger partial charge in [0.15, 0.2) is 17.5 Å². The highest BCUT2D eigenvalue weighted by Crippen LogP contribution is 2.31. The van der Waals surface area contributed by atoms with Crippen LogP contribution in [0.3, 0.4) is 0 Å². The molecule has 0 amide bonds. The van der Waals surface area contributed by atoms with Gasteiger partial charge in [-0.3, -0.25) is 4.99 Å². The van der Waals surface area contributed by atoms with E-state index in [0.717, 1.165) is 74.2 Å². The first-order valence-electron chi connectivity index (χ1n) is 11.9. The van der Waals surface area contributed by atoms with Crippen molar-refractivity contribution in [2.24, 2.45) is 4.99 Å². The Morgan fingerprint density at radius 3 is 2.45 bits per heavy atom. The van der Waals surface area contributed by atoms with E-state index in [4.69, 9.17) is 14.5 Å². The van der Waals surface area contributed by atoms with E-state index in [2.05, 4.69) is 72.1 Å². The van der Waals surface area contributed by atoms with Gasteiger partial charge >= 0.3 is 0 Å². The summed E-state index contributed by atoms with van der Waals surface area (Å²) in [6.07, 6.45) is 5.55. The van der Waals surface area contributed by atoms with Crippen molar-refractivity contribution in [3.63, 3.8) is 0 Å². The lowest BCUT2D eigenvalue weighted by molar-refractivity contribution is 0.268. The summed E-state index contributed by atoms with van der Waals surface area (Å²) in [6.45, 7) is 14.2. The lowest BCUT2D eigenvalue weighted by Crippen LogP contribution is -2.40. The lowest BCUT2D eigenvalue weighted by atomic mass is 10.1. The maximum Gasteiger partial charge on any atom is 0.191 e. The van der Waals surface area contributed by atoms with Crippen molar-refractivity contribution < 1.29 is 9.47 Å². The average molecular weight is 573 g/mol. The first-order valence-corrected chi connectivity index (χ1v) is 11.9. The number of nitrogens with one attached hydrogen (secondary N) is 2. The number of hydrogen-bond donors (Lipinski definition) is 2. The van der Waals surface area contributed by atoms with Crippen LogP contribution in [0.1, 0.15) is 71.3 Å². The van der Waals surface area contributed by atoms with E-state index in [0.29, 0.717) is 13.2 Å². The van der Waals surface area contributed by atoms with Crippen LogP contribution in [-0.4, -0.2) is 47.0 Å². The molecular formula is C24H41IN6O2. The maximum absolute atomic E-state index is 5.96. The molecule has 1 unspecified atom stereocenters. The van der Waals surface area contributed by atoms with Gasteiger partial charge < -0.3 is 24.7 Å². The number of aliphatic imine (C=N–C) groups is 1. The van der Waals surface area contributed by atoms with E-state index in [9.17, 15) is 0 Å². The second kappa shape index (κ2) is 16.6. The van der Waals surface area contributed by atoms with Gasteiger partial charge in [-0.15, -0.1) is 34.2 Å². The molecule has 2 rings (SSSR count). The van der Waals surface area contributed by atoms with E-state index < -0.39 is 0 Å². The standard InChI is InChI=1S/C24H40N6O2.HI/c1-6-12-25-24(26-13-14-30-18-27-29-23(30)9-4)28-19(5)20-10-11-21(31-15-7-2)22(17-20)32-16-8-3;/h10-11,17-19H,6-9,12-16H2,1-5H3,(H2,25,26,28);1H. The maximum atomic E-state index is 5.96. The number of aryl methyl sites for hydroxylation is 1. The molecule has 0 bridgehead atoms. The molecule has 9 heteroatoms. The highest BCUT2D eigenvalue weighted by molar-refractivity contribution is 14.0. The van der Waals surface area contributed by atoms with Crippen molar-refractivity contribution in [3.05, 3.63) is 35.9 Å². The molecule has 0 spiro atoms. The van der Waals surface area contributed by atoms with Crippen molar-refractivity contribution in [3.8, 4) is 11.5 Å². The summed E-state index contributed by atoms with van der Waals surface area (Å²) in [5.74, 6) is 3.39. The minimum atomic E-state index is 0. The molecule has 1 aromatic carbocycles. The lowest BCUT2D eigenvalue weighted by Gasteiger charge is -2.21. The van der Waals surface area contributed by atoms with Crippen LogP contribution >= 0.6 is 24.0 Å². The van der Waals surface area contributed by atoms with Crippen LogP contribution in [0.5, 0.6) is 11.5 Å². The van der Waals surface area contributed by atoms with Crippen LogP contribution in [0.4, 0.5) is 0 Å². The van der Waals surface area contributed by atoms with Gasteiger partial charge in [0.2, 0.25) is 0 Å². The summed E-state index contributed by atoms with van der Waals surface area (Å²) in [6, 6.07) is 6.22. The fraction of sp³-hybridized carbons (Fsp3) is 0.625. The molecule has 2 aromatic rings. The van der Waals surface area contributed by atoms with Crippen molar-refractivity contribution in [2.45, 2.75) is 72.9 Å². The number of rotatable bonds is 14. The molecule has 0 saturated carbocycles. The summed E-state index contributed by atoms with van der Waals surface area (Å²) < 4.78 is 13.9. The molecule has 1 heterocycles. The number of guanidine groups is 1. The van der Waals surface area contributed by atoms with E-state index in [1.807, 2.05) is 6.07 Å². The molecule has 186 valence electrons. The third-order valence-corrected chi connectivity index (χ3v) is 4.90. The Morgan fingerprint density at radius 1 is 1.06 bits per heavy atom. The predicted octanol–water partition coefficient (Wildman–Crippen LogP) is 4.74. The number of ether oxygens (including phenoxy) is 2. The normalized spacial score (nSPS) is 12.1. The Kier molecular flexibility index (Phi) is 14.5. The third kappa shape index (κ3) is 9.77. The van der Waals surface area contributed by atoms with Crippen molar-refractivity contribution in [1.29, 1.82) is 0 Å². The summed E-state index contributed by atoms with van der Waals surface area (Å²) >= 11 is 0. The first-order chi connectivity index (χ1) is 15.6. The Bertz CT molecular complexity index is 827. The van der Waals surface area contributed by atoms with Gasteiger partial charge in [-0.25, -0.2) is 0 Å². The highest BCUT2D eigenvalue weighted by Gasteiger charge is 2.13. The smallest absolute Gasteiger partial charge is 0.191 e. The molecule has 0 aliphatic rings. The van der Waals surface area contributed by atoms with E-state index in [1.54, 1.807) is 6.33 Å². The van der Waals surface area contributed by atoms with Gasteiger partial charge in [-0.05, 0) is 43.9 Å².